The lowest BCUT2D eigenvalue weighted by Crippen LogP contribution is -2.21. The second-order valence-corrected chi connectivity index (χ2v) is 5.49. The number of pyridine rings is 1. The van der Waals surface area contributed by atoms with Gasteiger partial charge in [0.25, 0.3) is 0 Å². The molecule has 0 fully saturated rings. The molecule has 0 amide bonds. The van der Waals surface area contributed by atoms with Gasteiger partial charge in [-0.25, -0.2) is 0 Å². The van der Waals surface area contributed by atoms with E-state index in [1.165, 1.54) is 4.88 Å². The summed E-state index contributed by atoms with van der Waals surface area (Å²) in [5, 5.41) is 11.8. The third-order valence-electron chi connectivity index (χ3n) is 3.17. The van der Waals surface area contributed by atoms with Gasteiger partial charge in [-0.2, -0.15) is 0 Å². The summed E-state index contributed by atoms with van der Waals surface area (Å²) in [5.41, 5.74) is 1.85. The molecule has 19 heavy (non-hydrogen) atoms. The molecule has 1 atom stereocenters. The maximum atomic E-state index is 9.75. The molecule has 0 aliphatic heterocycles. The SMILES string of the molecule is CC[C@H](O)c1ccc(N(CC)Cc2cccs2)cn1. The van der Waals surface area contributed by atoms with Crippen molar-refractivity contribution in [1.82, 2.24) is 4.98 Å². The van der Waals surface area contributed by atoms with E-state index in [0.717, 1.165) is 24.5 Å². The van der Waals surface area contributed by atoms with E-state index in [0.29, 0.717) is 6.42 Å². The van der Waals surface area contributed by atoms with Crippen LogP contribution in [0.3, 0.4) is 0 Å². The highest BCUT2D eigenvalue weighted by Crippen LogP contribution is 2.21. The van der Waals surface area contributed by atoms with Crippen LogP contribution >= 0.6 is 11.3 Å². The van der Waals surface area contributed by atoms with Crippen molar-refractivity contribution in [1.29, 1.82) is 0 Å². The van der Waals surface area contributed by atoms with Crippen molar-refractivity contribution >= 4 is 17.0 Å². The normalized spacial score (nSPS) is 12.4. The molecule has 0 unspecified atom stereocenters. The van der Waals surface area contributed by atoms with Crippen LogP contribution in [0.1, 0.15) is 36.9 Å². The van der Waals surface area contributed by atoms with Crippen molar-refractivity contribution in [2.75, 3.05) is 11.4 Å². The topological polar surface area (TPSA) is 36.4 Å². The van der Waals surface area contributed by atoms with Gasteiger partial charge >= 0.3 is 0 Å². The summed E-state index contributed by atoms with van der Waals surface area (Å²) in [4.78, 5) is 7.98. The minimum atomic E-state index is -0.457. The Hall–Kier alpha value is -1.39. The van der Waals surface area contributed by atoms with Crippen molar-refractivity contribution in [3.8, 4) is 0 Å². The number of aromatic nitrogens is 1. The molecule has 2 heterocycles. The minimum absolute atomic E-state index is 0.457. The first kappa shape index (κ1) is 14.0. The quantitative estimate of drug-likeness (QED) is 0.875. The Bertz CT molecular complexity index is 481. The summed E-state index contributed by atoms with van der Waals surface area (Å²) in [5.74, 6) is 0. The highest BCUT2D eigenvalue weighted by atomic mass is 32.1. The van der Waals surface area contributed by atoms with E-state index in [-0.39, 0.29) is 0 Å². The van der Waals surface area contributed by atoms with E-state index in [1.54, 1.807) is 11.3 Å². The fourth-order valence-electron chi connectivity index (χ4n) is 1.97. The Kier molecular flexibility index (Phi) is 4.93. The third kappa shape index (κ3) is 3.55. The number of hydrogen-bond donors (Lipinski definition) is 1. The van der Waals surface area contributed by atoms with Crippen LogP contribution in [0.2, 0.25) is 0 Å². The zero-order chi connectivity index (χ0) is 13.7. The summed E-state index contributed by atoms with van der Waals surface area (Å²) < 4.78 is 0. The second kappa shape index (κ2) is 6.68. The van der Waals surface area contributed by atoms with Crippen molar-refractivity contribution in [2.24, 2.45) is 0 Å². The molecule has 2 aromatic rings. The molecule has 1 N–H and O–H groups in total. The lowest BCUT2D eigenvalue weighted by Gasteiger charge is -2.22. The molecule has 0 aromatic carbocycles. The summed E-state index contributed by atoms with van der Waals surface area (Å²) in [7, 11) is 0. The average Bonchev–Trinajstić information content (AvgIpc) is 2.97. The van der Waals surface area contributed by atoms with Gasteiger partial charge in [0.15, 0.2) is 0 Å². The Balaban J connectivity index is 2.10. The van der Waals surface area contributed by atoms with Gasteiger partial charge in [0.05, 0.1) is 30.2 Å². The largest absolute Gasteiger partial charge is 0.387 e. The standard InChI is InChI=1S/C15H20N2OS/c1-3-15(18)14-8-7-12(10-16-14)17(4-2)11-13-6-5-9-19-13/h5-10,15,18H,3-4,11H2,1-2H3/t15-/m0/s1. The van der Waals surface area contributed by atoms with Crippen molar-refractivity contribution in [2.45, 2.75) is 32.9 Å². The van der Waals surface area contributed by atoms with Crippen molar-refractivity contribution in [3.05, 3.63) is 46.4 Å². The molecule has 0 saturated carbocycles. The number of rotatable bonds is 6. The van der Waals surface area contributed by atoms with Crippen molar-refractivity contribution in [3.63, 3.8) is 0 Å². The second-order valence-electron chi connectivity index (χ2n) is 4.46. The molecule has 0 spiro atoms. The number of anilines is 1. The van der Waals surface area contributed by atoms with Crippen LogP contribution < -0.4 is 4.90 Å². The van der Waals surface area contributed by atoms with Gasteiger partial charge < -0.3 is 10.0 Å². The molecule has 3 nitrogen and oxygen atoms in total. The van der Waals surface area contributed by atoms with Crippen LogP contribution in [0.5, 0.6) is 0 Å². The average molecular weight is 276 g/mol. The fraction of sp³-hybridized carbons (Fsp3) is 0.400. The molecular weight excluding hydrogens is 256 g/mol. The molecule has 4 heteroatoms. The highest BCUT2D eigenvalue weighted by Gasteiger charge is 2.09. The Morgan fingerprint density at radius 3 is 2.68 bits per heavy atom. The minimum Gasteiger partial charge on any atom is -0.387 e. The molecule has 0 saturated heterocycles. The Morgan fingerprint density at radius 2 is 2.16 bits per heavy atom. The lowest BCUT2D eigenvalue weighted by molar-refractivity contribution is 0.169. The fourth-order valence-corrected chi connectivity index (χ4v) is 2.69. The van der Waals surface area contributed by atoms with E-state index in [9.17, 15) is 5.11 Å². The van der Waals surface area contributed by atoms with E-state index in [1.807, 2.05) is 25.3 Å². The predicted octanol–water partition coefficient (Wildman–Crippen LogP) is 3.61. The van der Waals surface area contributed by atoms with Gasteiger partial charge in [0.2, 0.25) is 0 Å². The molecular formula is C15H20N2OS. The lowest BCUT2D eigenvalue weighted by atomic mass is 10.2. The molecule has 0 radical (unpaired) electrons. The highest BCUT2D eigenvalue weighted by molar-refractivity contribution is 7.09. The predicted molar refractivity (Wildman–Crippen MR) is 80.5 cm³/mol. The number of aliphatic hydroxyl groups is 1. The van der Waals surface area contributed by atoms with E-state index >= 15 is 0 Å². The molecule has 2 aromatic heterocycles. The maximum Gasteiger partial charge on any atom is 0.0957 e. The third-order valence-corrected chi connectivity index (χ3v) is 4.03. The Labute approximate surface area is 118 Å². The van der Waals surface area contributed by atoms with Crippen LogP contribution in [0.4, 0.5) is 5.69 Å². The summed E-state index contributed by atoms with van der Waals surface area (Å²) >= 11 is 1.77. The van der Waals surface area contributed by atoms with Crippen LogP contribution in [0, 0.1) is 0 Å². The Morgan fingerprint density at radius 1 is 1.32 bits per heavy atom. The van der Waals surface area contributed by atoms with Gasteiger partial charge in [-0.15, -0.1) is 11.3 Å². The number of aliphatic hydroxyl groups excluding tert-OH is 1. The first-order valence-electron chi connectivity index (χ1n) is 6.66. The molecule has 0 aliphatic carbocycles. The molecule has 0 aliphatic rings. The van der Waals surface area contributed by atoms with Gasteiger partial charge in [-0.05, 0) is 36.9 Å². The molecule has 102 valence electrons. The maximum absolute atomic E-state index is 9.75. The number of hydrogen-bond acceptors (Lipinski definition) is 4. The smallest absolute Gasteiger partial charge is 0.0957 e. The molecule has 0 bridgehead atoms. The number of nitrogens with zero attached hydrogens (tertiary/aromatic N) is 2. The van der Waals surface area contributed by atoms with Crippen LogP contribution in [0.25, 0.3) is 0 Å². The summed E-state index contributed by atoms with van der Waals surface area (Å²) in [6.07, 6.45) is 2.09. The zero-order valence-electron chi connectivity index (χ0n) is 11.4. The van der Waals surface area contributed by atoms with E-state index in [4.69, 9.17) is 0 Å². The molecule has 2 rings (SSSR count). The first-order valence-corrected chi connectivity index (χ1v) is 7.53. The van der Waals surface area contributed by atoms with Gasteiger partial charge in [0, 0.05) is 11.4 Å². The summed E-state index contributed by atoms with van der Waals surface area (Å²) in [6, 6.07) is 8.18. The van der Waals surface area contributed by atoms with Crippen molar-refractivity contribution < 1.29 is 5.11 Å². The van der Waals surface area contributed by atoms with Crippen LogP contribution in [-0.4, -0.2) is 16.6 Å². The van der Waals surface area contributed by atoms with E-state index in [2.05, 4.69) is 34.3 Å². The van der Waals surface area contributed by atoms with Gasteiger partial charge in [-0.3, -0.25) is 4.98 Å². The van der Waals surface area contributed by atoms with Gasteiger partial charge in [0.1, 0.15) is 0 Å². The van der Waals surface area contributed by atoms with Gasteiger partial charge in [-0.1, -0.05) is 13.0 Å². The first-order chi connectivity index (χ1) is 9.24. The van der Waals surface area contributed by atoms with E-state index < -0.39 is 6.10 Å². The van der Waals surface area contributed by atoms with Crippen LogP contribution in [-0.2, 0) is 6.54 Å². The number of thiophene rings is 1. The monoisotopic (exact) mass is 276 g/mol. The van der Waals surface area contributed by atoms with Crippen LogP contribution in [0.15, 0.2) is 35.8 Å². The zero-order valence-corrected chi connectivity index (χ0v) is 12.2. The summed E-state index contributed by atoms with van der Waals surface area (Å²) in [6.45, 7) is 5.94.